The molecule has 0 saturated carbocycles. The van der Waals surface area contributed by atoms with Crippen LogP contribution in [0, 0.1) is 5.82 Å². The Hall–Kier alpha value is -0.870. The van der Waals surface area contributed by atoms with Gasteiger partial charge in [0.2, 0.25) is 0 Å². The maximum atomic E-state index is 12.7. The van der Waals surface area contributed by atoms with E-state index in [2.05, 4.69) is 11.9 Å². The van der Waals surface area contributed by atoms with Crippen LogP contribution in [-0.2, 0) is 12.2 Å². The van der Waals surface area contributed by atoms with E-state index in [4.69, 9.17) is 0 Å². The third-order valence-corrected chi connectivity index (χ3v) is 4.47. The van der Waals surface area contributed by atoms with Crippen molar-refractivity contribution in [2.24, 2.45) is 0 Å². The Bertz CT molecular complexity index is 450. The average Bonchev–Trinajstić information content (AvgIpc) is 2.76. The van der Waals surface area contributed by atoms with Crippen molar-refractivity contribution >= 4 is 23.1 Å². The lowest BCUT2D eigenvalue weighted by atomic mass is 10.4. The van der Waals surface area contributed by atoms with Crippen LogP contribution in [0.2, 0.25) is 0 Å². The number of benzene rings is 1. The molecule has 0 saturated heterocycles. The molecular weight excluding hydrogens is 241 g/mol. The first-order valence-corrected chi connectivity index (χ1v) is 6.90. The first-order valence-electron chi connectivity index (χ1n) is 5.10. The Morgan fingerprint density at radius 1 is 1.31 bits per heavy atom. The third kappa shape index (κ3) is 3.06. The van der Waals surface area contributed by atoms with Crippen molar-refractivity contribution in [1.82, 2.24) is 4.98 Å². The molecule has 0 aliphatic carbocycles. The van der Waals surface area contributed by atoms with Gasteiger partial charge in [0.05, 0.1) is 5.75 Å². The summed E-state index contributed by atoms with van der Waals surface area (Å²) in [6.45, 7) is 2.13. The second-order valence-corrected chi connectivity index (χ2v) is 5.56. The van der Waals surface area contributed by atoms with E-state index in [9.17, 15) is 4.39 Å². The van der Waals surface area contributed by atoms with Crippen molar-refractivity contribution in [3.05, 3.63) is 46.2 Å². The number of hydrogen-bond donors (Lipinski definition) is 0. The van der Waals surface area contributed by atoms with E-state index in [0.717, 1.165) is 22.1 Å². The van der Waals surface area contributed by atoms with E-state index >= 15 is 0 Å². The van der Waals surface area contributed by atoms with Gasteiger partial charge in [-0.1, -0.05) is 6.92 Å². The van der Waals surface area contributed by atoms with Gasteiger partial charge in [0, 0.05) is 16.0 Å². The molecule has 1 aromatic carbocycles. The fourth-order valence-corrected chi connectivity index (χ4v) is 3.02. The number of aryl methyl sites for hydroxylation is 1. The van der Waals surface area contributed by atoms with Crippen molar-refractivity contribution in [3.8, 4) is 0 Å². The minimum absolute atomic E-state index is 0.188. The Morgan fingerprint density at radius 2 is 2.06 bits per heavy atom. The van der Waals surface area contributed by atoms with Gasteiger partial charge in [-0.15, -0.1) is 23.1 Å². The summed E-state index contributed by atoms with van der Waals surface area (Å²) in [6.07, 6.45) is 2.98. The number of nitrogens with zero attached hydrogens (tertiary/aromatic N) is 1. The highest BCUT2D eigenvalue weighted by Crippen LogP contribution is 2.25. The molecule has 0 aliphatic rings. The van der Waals surface area contributed by atoms with E-state index in [-0.39, 0.29) is 5.82 Å². The summed E-state index contributed by atoms with van der Waals surface area (Å²) >= 11 is 3.44. The SMILES string of the molecule is CCc1cnc(CSc2ccc(F)cc2)s1. The summed E-state index contributed by atoms with van der Waals surface area (Å²) < 4.78 is 12.7. The molecule has 0 unspecified atom stereocenters. The quantitative estimate of drug-likeness (QED) is 0.760. The zero-order valence-electron chi connectivity index (χ0n) is 8.94. The summed E-state index contributed by atoms with van der Waals surface area (Å²) in [5, 5.41) is 1.13. The molecule has 16 heavy (non-hydrogen) atoms. The normalized spacial score (nSPS) is 10.6. The molecule has 0 fully saturated rings. The first-order chi connectivity index (χ1) is 7.78. The molecule has 1 nitrogen and oxygen atoms in total. The van der Waals surface area contributed by atoms with E-state index in [1.807, 2.05) is 6.20 Å². The number of rotatable bonds is 4. The summed E-state index contributed by atoms with van der Waals surface area (Å²) in [6, 6.07) is 6.58. The van der Waals surface area contributed by atoms with Crippen molar-refractivity contribution in [2.45, 2.75) is 24.0 Å². The highest BCUT2D eigenvalue weighted by Gasteiger charge is 2.01. The van der Waals surface area contributed by atoms with Crippen molar-refractivity contribution in [1.29, 1.82) is 0 Å². The summed E-state index contributed by atoms with van der Waals surface area (Å²) in [7, 11) is 0. The molecule has 0 spiro atoms. The molecule has 0 amide bonds. The Balaban J connectivity index is 1.94. The molecule has 84 valence electrons. The lowest BCUT2D eigenvalue weighted by molar-refractivity contribution is 0.626. The number of thiazole rings is 1. The average molecular weight is 253 g/mol. The van der Waals surface area contributed by atoms with E-state index in [1.165, 1.54) is 17.0 Å². The third-order valence-electron chi connectivity index (χ3n) is 2.13. The largest absolute Gasteiger partial charge is 0.249 e. The lowest BCUT2D eigenvalue weighted by Crippen LogP contribution is -1.78. The van der Waals surface area contributed by atoms with E-state index < -0.39 is 0 Å². The molecule has 1 heterocycles. The lowest BCUT2D eigenvalue weighted by Gasteiger charge is -1.98. The molecule has 2 rings (SSSR count). The standard InChI is InChI=1S/C12H12FNS2/c1-2-10-7-14-12(16-10)8-15-11-5-3-9(13)4-6-11/h3-7H,2,8H2,1H3. The van der Waals surface area contributed by atoms with E-state index in [0.29, 0.717) is 0 Å². The van der Waals surface area contributed by atoms with Crippen LogP contribution in [0.5, 0.6) is 0 Å². The summed E-state index contributed by atoms with van der Waals surface area (Å²) in [5.74, 6) is 0.669. The molecule has 4 heteroatoms. The summed E-state index contributed by atoms with van der Waals surface area (Å²) in [4.78, 5) is 6.74. The number of aromatic nitrogens is 1. The molecule has 0 bridgehead atoms. The van der Waals surface area contributed by atoms with Crippen molar-refractivity contribution in [3.63, 3.8) is 0 Å². The van der Waals surface area contributed by atoms with Crippen molar-refractivity contribution in [2.75, 3.05) is 0 Å². The van der Waals surface area contributed by atoms with Gasteiger partial charge in [-0.05, 0) is 30.7 Å². The highest BCUT2D eigenvalue weighted by atomic mass is 32.2. The highest BCUT2D eigenvalue weighted by molar-refractivity contribution is 7.98. The van der Waals surface area contributed by atoms with Gasteiger partial charge in [0.25, 0.3) is 0 Å². The van der Waals surface area contributed by atoms with Gasteiger partial charge in [0.1, 0.15) is 10.8 Å². The van der Waals surface area contributed by atoms with Crippen LogP contribution in [0.1, 0.15) is 16.8 Å². The topological polar surface area (TPSA) is 12.9 Å². The van der Waals surface area contributed by atoms with Gasteiger partial charge in [-0.25, -0.2) is 9.37 Å². The maximum Gasteiger partial charge on any atom is 0.123 e. The zero-order valence-corrected chi connectivity index (χ0v) is 10.6. The second-order valence-electron chi connectivity index (χ2n) is 3.32. The molecule has 0 aliphatic heterocycles. The number of halogens is 1. The van der Waals surface area contributed by atoms with Gasteiger partial charge < -0.3 is 0 Å². The Labute approximate surface area is 103 Å². The molecule has 0 N–H and O–H groups in total. The van der Waals surface area contributed by atoms with Crippen LogP contribution in [0.15, 0.2) is 35.4 Å². The van der Waals surface area contributed by atoms with Crippen LogP contribution < -0.4 is 0 Å². The van der Waals surface area contributed by atoms with Crippen LogP contribution in [0.25, 0.3) is 0 Å². The minimum atomic E-state index is -0.188. The van der Waals surface area contributed by atoms with Gasteiger partial charge in [-0.2, -0.15) is 0 Å². The van der Waals surface area contributed by atoms with Crippen LogP contribution in [0.3, 0.4) is 0 Å². The molecule has 1 aromatic heterocycles. The van der Waals surface area contributed by atoms with Crippen LogP contribution in [0.4, 0.5) is 4.39 Å². The van der Waals surface area contributed by atoms with Crippen LogP contribution in [-0.4, -0.2) is 4.98 Å². The fraction of sp³-hybridized carbons (Fsp3) is 0.250. The molecule has 0 atom stereocenters. The first kappa shape index (κ1) is 11.6. The van der Waals surface area contributed by atoms with E-state index in [1.54, 1.807) is 35.2 Å². The monoisotopic (exact) mass is 253 g/mol. The van der Waals surface area contributed by atoms with Gasteiger partial charge >= 0.3 is 0 Å². The maximum absolute atomic E-state index is 12.7. The van der Waals surface area contributed by atoms with Gasteiger partial charge in [0.15, 0.2) is 0 Å². The van der Waals surface area contributed by atoms with Gasteiger partial charge in [-0.3, -0.25) is 0 Å². The Morgan fingerprint density at radius 3 is 2.69 bits per heavy atom. The molecule has 0 radical (unpaired) electrons. The fourth-order valence-electron chi connectivity index (χ4n) is 1.25. The smallest absolute Gasteiger partial charge is 0.123 e. The van der Waals surface area contributed by atoms with Crippen LogP contribution >= 0.6 is 23.1 Å². The number of hydrogen-bond acceptors (Lipinski definition) is 3. The molecule has 2 aromatic rings. The predicted octanol–water partition coefficient (Wildman–Crippen LogP) is 4.14. The van der Waals surface area contributed by atoms with Crippen molar-refractivity contribution < 1.29 is 4.39 Å². The number of thioether (sulfide) groups is 1. The zero-order chi connectivity index (χ0) is 11.4. The second kappa shape index (κ2) is 5.46. The minimum Gasteiger partial charge on any atom is -0.249 e. The summed E-state index contributed by atoms with van der Waals surface area (Å²) in [5.41, 5.74) is 0. The predicted molar refractivity (Wildman–Crippen MR) is 67.5 cm³/mol. The molecular formula is C12H12FNS2. The Kier molecular flexibility index (Phi) is 3.96.